The van der Waals surface area contributed by atoms with Gasteiger partial charge < -0.3 is 5.11 Å². The van der Waals surface area contributed by atoms with Gasteiger partial charge in [-0.2, -0.15) is 0 Å². The first-order valence-corrected chi connectivity index (χ1v) is 12.0. The molecule has 1 fully saturated rings. The molecule has 34 heavy (non-hydrogen) atoms. The number of fused-ring (bicyclic) bond motifs is 1. The number of anilines is 1. The number of ketones is 1. The summed E-state index contributed by atoms with van der Waals surface area (Å²) in [6, 6.07) is 17.3. The Labute approximate surface area is 205 Å². The standard InChI is InChI=1S/C27H21ClN2O3S/c1-14-5-4-6-18(11-14)23-22(24(31)17-7-9-19(28)10-8-17)25(32)26(33)30(23)27-29-20-12-15(2)16(3)13-21(20)34-27/h4-13,23,31H,1-3H3/b24-22+. The first-order valence-electron chi connectivity index (χ1n) is 10.8. The molecule has 1 unspecified atom stereocenters. The van der Waals surface area contributed by atoms with Gasteiger partial charge in [0.15, 0.2) is 5.13 Å². The van der Waals surface area contributed by atoms with E-state index >= 15 is 0 Å². The minimum absolute atomic E-state index is 0.0320. The molecule has 0 bridgehead atoms. The fourth-order valence-corrected chi connectivity index (χ4v) is 5.42. The van der Waals surface area contributed by atoms with Crippen LogP contribution in [0.25, 0.3) is 16.0 Å². The van der Waals surface area contributed by atoms with E-state index < -0.39 is 17.7 Å². The molecule has 1 aliphatic heterocycles. The molecule has 0 aliphatic carbocycles. The van der Waals surface area contributed by atoms with Crippen molar-refractivity contribution in [3.05, 3.63) is 99.1 Å². The highest BCUT2D eigenvalue weighted by molar-refractivity contribution is 7.22. The predicted molar refractivity (Wildman–Crippen MR) is 137 cm³/mol. The summed E-state index contributed by atoms with van der Waals surface area (Å²) in [6.07, 6.45) is 0. The van der Waals surface area contributed by atoms with Gasteiger partial charge in [-0.3, -0.25) is 14.5 Å². The molecule has 1 saturated heterocycles. The molecule has 170 valence electrons. The average Bonchev–Trinajstić information content (AvgIpc) is 3.32. The number of amides is 1. The highest BCUT2D eigenvalue weighted by Crippen LogP contribution is 2.44. The molecule has 1 amide bonds. The average molecular weight is 489 g/mol. The minimum Gasteiger partial charge on any atom is -0.507 e. The first kappa shape index (κ1) is 22.3. The van der Waals surface area contributed by atoms with Crippen molar-refractivity contribution < 1.29 is 14.7 Å². The molecule has 1 atom stereocenters. The number of halogens is 1. The topological polar surface area (TPSA) is 70.5 Å². The van der Waals surface area contributed by atoms with Gasteiger partial charge in [-0.15, -0.1) is 0 Å². The van der Waals surface area contributed by atoms with Crippen LogP contribution in [0, 0.1) is 20.8 Å². The Morgan fingerprint density at radius 2 is 1.71 bits per heavy atom. The third-order valence-corrected chi connectivity index (χ3v) is 7.39. The number of carbonyl (C=O) groups excluding carboxylic acids is 2. The molecule has 0 radical (unpaired) electrons. The maximum absolute atomic E-state index is 13.4. The molecular weight excluding hydrogens is 468 g/mol. The quantitative estimate of drug-likeness (QED) is 0.203. The van der Waals surface area contributed by atoms with Crippen molar-refractivity contribution in [3.8, 4) is 0 Å². The van der Waals surface area contributed by atoms with Crippen LogP contribution in [0.3, 0.4) is 0 Å². The van der Waals surface area contributed by atoms with Gasteiger partial charge in [0.25, 0.3) is 5.78 Å². The maximum atomic E-state index is 13.4. The Hall–Kier alpha value is -3.48. The predicted octanol–water partition coefficient (Wildman–Crippen LogP) is 6.50. The summed E-state index contributed by atoms with van der Waals surface area (Å²) in [6.45, 7) is 5.98. The van der Waals surface area contributed by atoms with Crippen LogP contribution < -0.4 is 4.90 Å². The Morgan fingerprint density at radius 1 is 1.00 bits per heavy atom. The van der Waals surface area contributed by atoms with Crippen molar-refractivity contribution in [1.29, 1.82) is 0 Å². The molecule has 0 saturated carbocycles. The van der Waals surface area contributed by atoms with Crippen LogP contribution in [0.5, 0.6) is 0 Å². The normalized spacial score (nSPS) is 17.6. The summed E-state index contributed by atoms with van der Waals surface area (Å²) in [5, 5.41) is 12.1. The third-order valence-electron chi connectivity index (χ3n) is 6.12. The van der Waals surface area contributed by atoms with Crippen molar-refractivity contribution >= 4 is 55.7 Å². The minimum atomic E-state index is -0.807. The van der Waals surface area contributed by atoms with Crippen LogP contribution in [0.15, 0.2) is 66.2 Å². The van der Waals surface area contributed by atoms with Crippen molar-refractivity contribution in [2.75, 3.05) is 4.90 Å². The second kappa shape index (κ2) is 8.38. The van der Waals surface area contributed by atoms with E-state index in [4.69, 9.17) is 16.6 Å². The van der Waals surface area contributed by atoms with Crippen LogP contribution in [0.1, 0.15) is 33.9 Å². The van der Waals surface area contributed by atoms with Gasteiger partial charge in [-0.25, -0.2) is 4.98 Å². The fraction of sp³-hybridized carbons (Fsp3) is 0.148. The molecule has 5 nitrogen and oxygen atoms in total. The fourth-order valence-electron chi connectivity index (χ4n) is 4.22. The Balaban J connectivity index is 1.74. The number of carbonyl (C=O) groups is 2. The number of aliphatic hydroxyl groups is 1. The summed E-state index contributed by atoms with van der Waals surface area (Å²) >= 11 is 7.36. The number of aromatic nitrogens is 1. The van der Waals surface area contributed by atoms with Gasteiger partial charge in [0, 0.05) is 10.6 Å². The van der Waals surface area contributed by atoms with Crippen molar-refractivity contribution in [3.63, 3.8) is 0 Å². The van der Waals surface area contributed by atoms with E-state index in [1.54, 1.807) is 24.3 Å². The number of hydrogen-bond acceptors (Lipinski definition) is 5. The lowest BCUT2D eigenvalue weighted by molar-refractivity contribution is -0.132. The highest BCUT2D eigenvalue weighted by atomic mass is 35.5. The summed E-state index contributed by atoms with van der Waals surface area (Å²) in [5.41, 5.74) is 5.14. The van der Waals surface area contributed by atoms with Gasteiger partial charge >= 0.3 is 5.91 Å². The number of rotatable bonds is 3. The van der Waals surface area contributed by atoms with Crippen LogP contribution in [-0.4, -0.2) is 21.8 Å². The smallest absolute Gasteiger partial charge is 0.301 e. The van der Waals surface area contributed by atoms with E-state index in [9.17, 15) is 14.7 Å². The number of benzene rings is 3. The van der Waals surface area contributed by atoms with Crippen LogP contribution in [0.2, 0.25) is 5.02 Å². The van der Waals surface area contributed by atoms with E-state index in [2.05, 4.69) is 0 Å². The Kier molecular flexibility index (Phi) is 5.50. The third kappa shape index (κ3) is 3.69. The van der Waals surface area contributed by atoms with Gasteiger partial charge in [0.05, 0.1) is 21.8 Å². The van der Waals surface area contributed by atoms with E-state index in [-0.39, 0.29) is 11.3 Å². The van der Waals surface area contributed by atoms with Crippen molar-refractivity contribution in [2.24, 2.45) is 0 Å². The Morgan fingerprint density at radius 3 is 2.41 bits per heavy atom. The lowest BCUT2D eigenvalue weighted by Crippen LogP contribution is -2.29. The van der Waals surface area contributed by atoms with Gasteiger partial charge in [-0.1, -0.05) is 52.8 Å². The van der Waals surface area contributed by atoms with E-state index in [0.29, 0.717) is 15.7 Å². The van der Waals surface area contributed by atoms with Gasteiger partial charge in [0.1, 0.15) is 5.76 Å². The Bertz CT molecular complexity index is 1470. The van der Waals surface area contributed by atoms with E-state index in [1.165, 1.54) is 16.2 Å². The number of nitrogens with zero attached hydrogens (tertiary/aromatic N) is 2. The molecule has 1 N–H and O–H groups in total. The van der Waals surface area contributed by atoms with E-state index in [1.807, 2.05) is 57.2 Å². The zero-order chi connectivity index (χ0) is 24.1. The highest BCUT2D eigenvalue weighted by Gasteiger charge is 2.48. The van der Waals surface area contributed by atoms with Crippen LogP contribution in [0.4, 0.5) is 5.13 Å². The molecule has 7 heteroatoms. The van der Waals surface area contributed by atoms with Gasteiger partial charge in [-0.05, 0) is 73.9 Å². The second-order valence-electron chi connectivity index (χ2n) is 8.49. The molecule has 4 aromatic rings. The zero-order valence-electron chi connectivity index (χ0n) is 18.8. The number of thiazole rings is 1. The molecule has 1 aromatic heterocycles. The summed E-state index contributed by atoms with van der Waals surface area (Å²) in [4.78, 5) is 32.8. The van der Waals surface area contributed by atoms with Crippen molar-refractivity contribution in [1.82, 2.24) is 4.98 Å². The molecule has 0 spiro atoms. The number of aliphatic hydroxyl groups excluding tert-OH is 1. The monoisotopic (exact) mass is 488 g/mol. The van der Waals surface area contributed by atoms with Crippen molar-refractivity contribution in [2.45, 2.75) is 26.8 Å². The largest absolute Gasteiger partial charge is 0.507 e. The number of hydrogen-bond donors (Lipinski definition) is 1. The number of Topliss-reactive ketones (excluding diaryl/α,β-unsaturated/α-hetero) is 1. The summed E-state index contributed by atoms with van der Waals surface area (Å²) in [5.74, 6) is -1.70. The van der Waals surface area contributed by atoms with E-state index in [0.717, 1.165) is 32.5 Å². The SMILES string of the molecule is Cc1cccc(C2/C(=C(\O)c3ccc(Cl)cc3)C(=O)C(=O)N2c2nc3cc(C)c(C)cc3s2)c1. The summed E-state index contributed by atoms with van der Waals surface area (Å²) < 4.78 is 0.931. The molecule has 3 aromatic carbocycles. The first-order chi connectivity index (χ1) is 16.2. The lowest BCUT2D eigenvalue weighted by Gasteiger charge is -2.23. The summed E-state index contributed by atoms with van der Waals surface area (Å²) in [7, 11) is 0. The molecule has 5 rings (SSSR count). The van der Waals surface area contributed by atoms with Crippen LogP contribution in [-0.2, 0) is 9.59 Å². The zero-order valence-corrected chi connectivity index (χ0v) is 20.4. The molecule has 2 heterocycles. The van der Waals surface area contributed by atoms with Crippen LogP contribution >= 0.6 is 22.9 Å². The van der Waals surface area contributed by atoms with Gasteiger partial charge in [0.2, 0.25) is 0 Å². The second-order valence-corrected chi connectivity index (χ2v) is 9.94. The maximum Gasteiger partial charge on any atom is 0.301 e. The lowest BCUT2D eigenvalue weighted by atomic mass is 9.94. The molecule has 1 aliphatic rings. The molecular formula is C27H21ClN2O3S. The number of aryl methyl sites for hydroxylation is 3.